The fourth-order valence-corrected chi connectivity index (χ4v) is 3.04. The summed E-state index contributed by atoms with van der Waals surface area (Å²) < 4.78 is 0. The molecular formula is C19H22O2. The lowest BCUT2D eigenvalue weighted by Gasteiger charge is -2.45. The van der Waals surface area contributed by atoms with Crippen LogP contribution in [0.5, 0.6) is 0 Å². The van der Waals surface area contributed by atoms with E-state index in [-0.39, 0.29) is 0 Å². The van der Waals surface area contributed by atoms with Crippen LogP contribution in [0.4, 0.5) is 0 Å². The molecule has 0 saturated carbocycles. The Hall–Kier alpha value is -1.93. The molecule has 0 fully saturated rings. The van der Waals surface area contributed by atoms with Gasteiger partial charge in [0.15, 0.2) is 0 Å². The molecule has 2 heteroatoms. The number of hydrogen-bond donors (Lipinski definition) is 1. The van der Waals surface area contributed by atoms with E-state index in [1.807, 2.05) is 55.5 Å². The molecular weight excluding hydrogens is 260 g/mol. The first-order chi connectivity index (χ1) is 9.93. The molecule has 2 atom stereocenters. The number of carbonyl (C=O) groups is 1. The second-order valence-corrected chi connectivity index (χ2v) is 5.90. The molecule has 2 unspecified atom stereocenters. The molecule has 1 aliphatic rings. The van der Waals surface area contributed by atoms with E-state index in [4.69, 9.17) is 0 Å². The van der Waals surface area contributed by atoms with E-state index >= 15 is 0 Å². The van der Waals surface area contributed by atoms with Gasteiger partial charge in [-0.15, -0.1) is 0 Å². The van der Waals surface area contributed by atoms with E-state index in [1.165, 1.54) is 0 Å². The van der Waals surface area contributed by atoms with Crippen LogP contribution in [0.25, 0.3) is 0 Å². The van der Waals surface area contributed by atoms with Gasteiger partial charge in [-0.25, -0.2) is 0 Å². The summed E-state index contributed by atoms with van der Waals surface area (Å²) in [7, 11) is 0. The third-order valence-corrected chi connectivity index (χ3v) is 4.33. The van der Waals surface area contributed by atoms with E-state index in [0.717, 1.165) is 23.0 Å². The summed E-state index contributed by atoms with van der Waals surface area (Å²) in [5.74, 6) is 0. The fourth-order valence-electron chi connectivity index (χ4n) is 3.04. The zero-order valence-corrected chi connectivity index (χ0v) is 12.7. The van der Waals surface area contributed by atoms with Crippen molar-refractivity contribution in [3.8, 4) is 0 Å². The van der Waals surface area contributed by atoms with Crippen LogP contribution < -0.4 is 0 Å². The number of aldehydes is 1. The van der Waals surface area contributed by atoms with Crippen molar-refractivity contribution in [3.05, 3.63) is 71.8 Å². The van der Waals surface area contributed by atoms with Gasteiger partial charge >= 0.3 is 0 Å². The maximum atomic E-state index is 11.1. The van der Waals surface area contributed by atoms with E-state index in [2.05, 4.69) is 6.58 Å². The van der Waals surface area contributed by atoms with Crippen molar-refractivity contribution in [3.63, 3.8) is 0 Å². The first-order valence-corrected chi connectivity index (χ1v) is 7.22. The molecule has 1 aliphatic carbocycles. The van der Waals surface area contributed by atoms with E-state index < -0.39 is 11.0 Å². The summed E-state index contributed by atoms with van der Waals surface area (Å²) in [5.41, 5.74) is 1.22. The van der Waals surface area contributed by atoms with Gasteiger partial charge in [-0.05, 0) is 37.5 Å². The second kappa shape index (κ2) is 5.82. The molecule has 0 bridgehead atoms. The summed E-state index contributed by atoms with van der Waals surface area (Å²) in [4.78, 5) is 10.9. The number of allylic oxidation sites excluding steroid dienone is 3. The highest BCUT2D eigenvalue weighted by Crippen LogP contribution is 2.45. The van der Waals surface area contributed by atoms with Gasteiger partial charge in [-0.2, -0.15) is 0 Å². The largest absolute Gasteiger partial charge is 0.385 e. The Morgan fingerprint density at radius 1 is 1.33 bits per heavy atom. The minimum atomic E-state index is -1.07. The van der Waals surface area contributed by atoms with Crippen LogP contribution in [0.1, 0.15) is 32.3 Å². The molecule has 1 aromatic carbocycles. The lowest BCUT2D eigenvalue weighted by atomic mass is 9.62. The van der Waals surface area contributed by atoms with Gasteiger partial charge in [0.25, 0.3) is 0 Å². The molecule has 2 rings (SSSR count). The molecule has 0 amide bonds. The lowest BCUT2D eigenvalue weighted by Crippen LogP contribution is -2.48. The van der Waals surface area contributed by atoms with E-state index in [0.29, 0.717) is 12.8 Å². The smallest absolute Gasteiger partial charge is 0.120 e. The fraction of sp³-hybridized carbons (Fsp3) is 0.316. The summed E-state index contributed by atoms with van der Waals surface area (Å²) in [5, 5.41) is 11.1. The first-order valence-electron chi connectivity index (χ1n) is 7.22. The Kier molecular flexibility index (Phi) is 4.29. The minimum Gasteiger partial charge on any atom is -0.385 e. The summed E-state index contributed by atoms with van der Waals surface area (Å²) >= 11 is 0. The van der Waals surface area contributed by atoms with Crippen LogP contribution in [0, 0.1) is 0 Å². The molecule has 1 aromatic rings. The zero-order chi connectivity index (χ0) is 15.5. The van der Waals surface area contributed by atoms with Gasteiger partial charge in [0, 0.05) is 11.8 Å². The van der Waals surface area contributed by atoms with Crippen LogP contribution in [0.3, 0.4) is 0 Å². The van der Waals surface area contributed by atoms with Crippen molar-refractivity contribution in [2.24, 2.45) is 0 Å². The van der Waals surface area contributed by atoms with Crippen molar-refractivity contribution < 1.29 is 9.90 Å². The molecule has 0 saturated heterocycles. The van der Waals surface area contributed by atoms with Crippen molar-refractivity contribution >= 4 is 6.29 Å². The number of aliphatic hydroxyl groups is 1. The van der Waals surface area contributed by atoms with E-state index in [9.17, 15) is 9.90 Å². The summed E-state index contributed by atoms with van der Waals surface area (Å²) in [6.07, 6.45) is 7.77. The molecule has 0 radical (unpaired) electrons. The standard InChI is InChI=1S/C19H22O2/c1-15(2)16-10-12-19(11-7-13-20,18(3,21)14-16)17-8-5-4-6-9-17/h4-6,8-10,12-14,21H,1,7,11H2,2-3H3. The minimum absolute atomic E-state index is 0.408. The maximum Gasteiger partial charge on any atom is 0.120 e. The van der Waals surface area contributed by atoms with Gasteiger partial charge in [0.1, 0.15) is 6.29 Å². The number of carbonyl (C=O) groups excluding carboxylic acids is 1. The van der Waals surface area contributed by atoms with Crippen LogP contribution >= 0.6 is 0 Å². The predicted molar refractivity (Wildman–Crippen MR) is 86.1 cm³/mol. The summed E-state index contributed by atoms with van der Waals surface area (Å²) in [6, 6.07) is 9.87. The second-order valence-electron chi connectivity index (χ2n) is 5.90. The van der Waals surface area contributed by atoms with Crippen molar-refractivity contribution in [1.82, 2.24) is 0 Å². The van der Waals surface area contributed by atoms with Gasteiger partial charge in [-0.3, -0.25) is 0 Å². The molecule has 0 spiro atoms. The number of benzene rings is 1. The van der Waals surface area contributed by atoms with Crippen LogP contribution in [0.2, 0.25) is 0 Å². The van der Waals surface area contributed by atoms with Crippen LogP contribution in [0.15, 0.2) is 66.3 Å². The monoisotopic (exact) mass is 282 g/mol. The number of rotatable bonds is 5. The van der Waals surface area contributed by atoms with Crippen LogP contribution in [-0.2, 0) is 10.2 Å². The molecule has 21 heavy (non-hydrogen) atoms. The SMILES string of the molecule is C=C(C)C1=CC(C)(O)C(CCC=O)(c2ccccc2)C=C1. The third kappa shape index (κ3) is 2.77. The maximum absolute atomic E-state index is 11.1. The Labute approximate surface area is 126 Å². The highest BCUT2D eigenvalue weighted by molar-refractivity contribution is 5.54. The van der Waals surface area contributed by atoms with Gasteiger partial charge in [0.05, 0.1) is 5.60 Å². The van der Waals surface area contributed by atoms with Crippen LogP contribution in [-0.4, -0.2) is 17.0 Å². The first kappa shape index (κ1) is 15.5. The lowest BCUT2D eigenvalue weighted by molar-refractivity contribution is -0.108. The normalized spacial score (nSPS) is 28.0. The topological polar surface area (TPSA) is 37.3 Å². The van der Waals surface area contributed by atoms with Gasteiger partial charge < -0.3 is 9.90 Å². The average molecular weight is 282 g/mol. The molecule has 1 N–H and O–H groups in total. The summed E-state index contributed by atoms with van der Waals surface area (Å²) in [6.45, 7) is 7.67. The number of hydrogen-bond acceptors (Lipinski definition) is 2. The molecule has 2 nitrogen and oxygen atoms in total. The Morgan fingerprint density at radius 2 is 2.00 bits per heavy atom. The highest BCUT2D eigenvalue weighted by Gasteiger charge is 2.46. The van der Waals surface area contributed by atoms with Crippen molar-refractivity contribution in [1.29, 1.82) is 0 Å². The third-order valence-electron chi connectivity index (χ3n) is 4.33. The van der Waals surface area contributed by atoms with Gasteiger partial charge in [0.2, 0.25) is 0 Å². The Balaban J connectivity index is 2.55. The van der Waals surface area contributed by atoms with Crippen molar-refractivity contribution in [2.75, 3.05) is 0 Å². The zero-order valence-electron chi connectivity index (χ0n) is 12.7. The quantitative estimate of drug-likeness (QED) is 0.836. The molecule has 110 valence electrons. The van der Waals surface area contributed by atoms with Gasteiger partial charge in [-0.1, -0.05) is 54.6 Å². The van der Waals surface area contributed by atoms with E-state index in [1.54, 1.807) is 6.92 Å². The molecule has 0 aromatic heterocycles. The highest BCUT2D eigenvalue weighted by atomic mass is 16.3. The van der Waals surface area contributed by atoms with Crippen molar-refractivity contribution in [2.45, 2.75) is 37.7 Å². The molecule has 0 heterocycles. The Bertz CT molecular complexity index is 593. The predicted octanol–water partition coefficient (Wildman–Crippen LogP) is 3.73. The average Bonchev–Trinajstić information content (AvgIpc) is 2.46. The molecule has 0 aliphatic heterocycles. The Morgan fingerprint density at radius 3 is 2.52 bits per heavy atom.